The molecule has 0 bridgehead atoms. The van der Waals surface area contributed by atoms with E-state index in [0.29, 0.717) is 6.54 Å². The average molecular weight is 334 g/mol. The van der Waals surface area contributed by atoms with Crippen LogP contribution in [-0.2, 0) is 16.1 Å². The van der Waals surface area contributed by atoms with E-state index >= 15 is 0 Å². The van der Waals surface area contributed by atoms with Gasteiger partial charge in [0.15, 0.2) is 0 Å². The molecule has 8 nitrogen and oxygen atoms in total. The van der Waals surface area contributed by atoms with Crippen LogP contribution in [0.3, 0.4) is 0 Å². The Bertz CT molecular complexity index is 581. The molecule has 0 aromatic carbocycles. The van der Waals surface area contributed by atoms with Crippen molar-refractivity contribution in [2.75, 3.05) is 45.8 Å². The Kier molecular flexibility index (Phi) is 5.47. The van der Waals surface area contributed by atoms with Crippen LogP contribution in [0.2, 0.25) is 0 Å². The van der Waals surface area contributed by atoms with E-state index in [-0.39, 0.29) is 24.3 Å². The molecule has 3 N–H and O–H groups in total. The van der Waals surface area contributed by atoms with Crippen LogP contribution in [-0.4, -0.2) is 77.0 Å². The van der Waals surface area contributed by atoms with Gasteiger partial charge in [0.25, 0.3) is 0 Å². The molecule has 0 radical (unpaired) electrons. The highest BCUT2D eigenvalue weighted by molar-refractivity contribution is 5.78. The number of piperazine rings is 1. The first-order valence-electron chi connectivity index (χ1n) is 8.63. The highest BCUT2D eigenvalue weighted by Gasteiger charge is 2.27. The molecule has 132 valence electrons. The van der Waals surface area contributed by atoms with Crippen molar-refractivity contribution in [3.8, 4) is 0 Å². The van der Waals surface area contributed by atoms with Gasteiger partial charge < -0.3 is 20.5 Å². The number of hydrogen-bond acceptors (Lipinski definition) is 5. The number of nitrogens with one attached hydrogen (secondary N) is 1. The van der Waals surface area contributed by atoms with Gasteiger partial charge in [0, 0.05) is 51.0 Å². The molecule has 3 rings (SSSR count). The Morgan fingerprint density at radius 2 is 2.04 bits per heavy atom. The van der Waals surface area contributed by atoms with Crippen LogP contribution < -0.4 is 11.1 Å². The van der Waals surface area contributed by atoms with Crippen LogP contribution in [0, 0.1) is 0 Å². The summed E-state index contributed by atoms with van der Waals surface area (Å²) < 4.78 is 1.83. The summed E-state index contributed by atoms with van der Waals surface area (Å²) >= 11 is 0. The highest BCUT2D eigenvalue weighted by Crippen LogP contribution is 2.25. The molecule has 2 amide bonds. The highest BCUT2D eigenvalue weighted by atomic mass is 16.2. The fourth-order valence-corrected chi connectivity index (χ4v) is 3.60. The lowest BCUT2D eigenvalue weighted by Crippen LogP contribution is -2.50. The molecule has 1 atom stereocenters. The predicted molar refractivity (Wildman–Crippen MR) is 89.3 cm³/mol. The number of rotatable bonds is 5. The van der Waals surface area contributed by atoms with Crippen molar-refractivity contribution in [2.45, 2.75) is 25.3 Å². The van der Waals surface area contributed by atoms with E-state index in [1.807, 2.05) is 9.47 Å². The number of nitrogens with zero attached hydrogens (tertiary/aromatic N) is 4. The summed E-state index contributed by atoms with van der Waals surface area (Å²) in [6.45, 7) is 5.69. The number of primary amides is 1. The Morgan fingerprint density at radius 3 is 2.79 bits per heavy atom. The molecule has 8 heteroatoms. The molecule has 24 heavy (non-hydrogen) atoms. The second-order valence-electron chi connectivity index (χ2n) is 6.58. The normalized spacial score (nSPS) is 22.5. The SMILES string of the molecule is NC(=O)Cn1ccnc1C1CCCN(CC(=O)N2CCNCC2)C1. The van der Waals surface area contributed by atoms with Gasteiger partial charge in [-0.15, -0.1) is 0 Å². The Balaban J connectivity index is 1.59. The molecule has 1 unspecified atom stereocenters. The number of piperidine rings is 1. The smallest absolute Gasteiger partial charge is 0.237 e. The van der Waals surface area contributed by atoms with Crippen molar-refractivity contribution in [2.24, 2.45) is 5.73 Å². The largest absolute Gasteiger partial charge is 0.368 e. The number of nitrogens with two attached hydrogens (primary N) is 1. The molecule has 2 saturated heterocycles. The minimum absolute atomic E-state index is 0.158. The van der Waals surface area contributed by atoms with Crippen molar-refractivity contribution in [3.63, 3.8) is 0 Å². The molecule has 0 aliphatic carbocycles. The molecule has 1 aromatic rings. The molecule has 0 spiro atoms. The molecule has 3 heterocycles. The van der Waals surface area contributed by atoms with E-state index < -0.39 is 0 Å². The van der Waals surface area contributed by atoms with Crippen molar-refractivity contribution in [1.82, 2.24) is 24.7 Å². The van der Waals surface area contributed by atoms with Gasteiger partial charge in [-0.25, -0.2) is 4.98 Å². The van der Waals surface area contributed by atoms with Crippen LogP contribution in [0.5, 0.6) is 0 Å². The first kappa shape index (κ1) is 16.9. The van der Waals surface area contributed by atoms with E-state index in [1.165, 1.54) is 0 Å². The van der Waals surface area contributed by atoms with Gasteiger partial charge in [-0.05, 0) is 19.4 Å². The maximum absolute atomic E-state index is 12.4. The van der Waals surface area contributed by atoms with Gasteiger partial charge in [-0.1, -0.05) is 0 Å². The molecule has 2 aliphatic heterocycles. The molecule has 2 fully saturated rings. The Morgan fingerprint density at radius 1 is 1.25 bits per heavy atom. The Labute approximate surface area is 142 Å². The van der Waals surface area contributed by atoms with E-state index in [2.05, 4.69) is 15.2 Å². The van der Waals surface area contributed by atoms with E-state index in [9.17, 15) is 9.59 Å². The van der Waals surface area contributed by atoms with Crippen LogP contribution >= 0.6 is 0 Å². The zero-order valence-corrected chi connectivity index (χ0v) is 14.0. The lowest BCUT2D eigenvalue weighted by molar-refractivity contribution is -0.133. The summed E-state index contributed by atoms with van der Waals surface area (Å²) in [5, 5.41) is 3.26. The monoisotopic (exact) mass is 334 g/mol. The third-order valence-electron chi connectivity index (χ3n) is 4.77. The number of carbonyl (C=O) groups is 2. The molecule has 2 aliphatic rings. The summed E-state index contributed by atoms with van der Waals surface area (Å²) in [4.78, 5) is 32.2. The molecular weight excluding hydrogens is 308 g/mol. The number of likely N-dealkylation sites (tertiary alicyclic amines) is 1. The molecule has 0 saturated carbocycles. The topological polar surface area (TPSA) is 96.5 Å². The third-order valence-corrected chi connectivity index (χ3v) is 4.77. The fourth-order valence-electron chi connectivity index (χ4n) is 3.60. The third kappa shape index (κ3) is 4.12. The van der Waals surface area contributed by atoms with E-state index in [0.717, 1.165) is 57.9 Å². The van der Waals surface area contributed by atoms with Gasteiger partial charge in [-0.2, -0.15) is 0 Å². The molecular formula is C16H26N6O2. The number of hydrogen-bond donors (Lipinski definition) is 2. The van der Waals surface area contributed by atoms with E-state index in [4.69, 9.17) is 5.73 Å². The summed E-state index contributed by atoms with van der Waals surface area (Å²) in [6.07, 6.45) is 5.56. The number of carbonyl (C=O) groups excluding carboxylic acids is 2. The van der Waals surface area contributed by atoms with Crippen LogP contribution in [0.15, 0.2) is 12.4 Å². The summed E-state index contributed by atoms with van der Waals surface area (Å²) in [6, 6.07) is 0. The van der Waals surface area contributed by atoms with E-state index in [1.54, 1.807) is 12.4 Å². The lowest BCUT2D eigenvalue weighted by atomic mass is 9.97. The van der Waals surface area contributed by atoms with Gasteiger partial charge in [0.2, 0.25) is 11.8 Å². The van der Waals surface area contributed by atoms with Gasteiger partial charge >= 0.3 is 0 Å². The first-order chi connectivity index (χ1) is 11.6. The fraction of sp³-hybridized carbons (Fsp3) is 0.688. The number of amides is 2. The second-order valence-corrected chi connectivity index (χ2v) is 6.58. The summed E-state index contributed by atoms with van der Waals surface area (Å²) in [5.74, 6) is 0.977. The quantitative estimate of drug-likeness (QED) is 0.718. The lowest BCUT2D eigenvalue weighted by Gasteiger charge is -2.34. The number of aromatic nitrogens is 2. The second kappa shape index (κ2) is 7.76. The van der Waals surface area contributed by atoms with Gasteiger partial charge in [-0.3, -0.25) is 14.5 Å². The standard InChI is InChI=1S/C16H26N6O2/c17-14(23)11-22-9-5-19-16(22)13-2-1-6-20(10-13)12-15(24)21-7-3-18-4-8-21/h5,9,13,18H,1-4,6-8,10-12H2,(H2,17,23). The zero-order valence-electron chi connectivity index (χ0n) is 14.0. The van der Waals surface area contributed by atoms with Crippen LogP contribution in [0.4, 0.5) is 0 Å². The van der Waals surface area contributed by atoms with Gasteiger partial charge in [0.1, 0.15) is 12.4 Å². The van der Waals surface area contributed by atoms with Crippen molar-refractivity contribution in [1.29, 1.82) is 0 Å². The average Bonchev–Trinajstić information content (AvgIpc) is 3.03. The summed E-state index contributed by atoms with van der Waals surface area (Å²) in [7, 11) is 0. The van der Waals surface area contributed by atoms with Gasteiger partial charge in [0.05, 0.1) is 6.54 Å². The van der Waals surface area contributed by atoms with Crippen molar-refractivity contribution < 1.29 is 9.59 Å². The maximum Gasteiger partial charge on any atom is 0.237 e. The predicted octanol–water partition coefficient (Wildman–Crippen LogP) is -1.02. The molecule has 1 aromatic heterocycles. The summed E-state index contributed by atoms with van der Waals surface area (Å²) in [5.41, 5.74) is 5.30. The first-order valence-corrected chi connectivity index (χ1v) is 8.63. The minimum atomic E-state index is -0.365. The van der Waals surface area contributed by atoms with Crippen LogP contribution in [0.1, 0.15) is 24.6 Å². The number of imidazole rings is 1. The zero-order chi connectivity index (χ0) is 16.9. The minimum Gasteiger partial charge on any atom is -0.368 e. The van der Waals surface area contributed by atoms with Crippen molar-refractivity contribution in [3.05, 3.63) is 18.2 Å². The van der Waals surface area contributed by atoms with Crippen LogP contribution in [0.25, 0.3) is 0 Å². The Hall–Kier alpha value is -1.93. The van der Waals surface area contributed by atoms with Crippen molar-refractivity contribution >= 4 is 11.8 Å². The maximum atomic E-state index is 12.4.